The van der Waals surface area contributed by atoms with E-state index in [0.717, 1.165) is 5.56 Å². The van der Waals surface area contributed by atoms with Crippen molar-refractivity contribution in [3.05, 3.63) is 48.2 Å². The first-order valence-corrected chi connectivity index (χ1v) is 5.36. The van der Waals surface area contributed by atoms with E-state index in [1.165, 1.54) is 12.3 Å². The molecule has 0 saturated carbocycles. The van der Waals surface area contributed by atoms with Gasteiger partial charge in [-0.25, -0.2) is 9.59 Å². The Kier molecular flexibility index (Phi) is 3.29. The molecule has 1 aliphatic heterocycles. The predicted octanol–water partition coefficient (Wildman–Crippen LogP) is 0.211. The molecule has 1 aromatic carbocycles. The van der Waals surface area contributed by atoms with Gasteiger partial charge in [-0.2, -0.15) is 0 Å². The van der Waals surface area contributed by atoms with E-state index < -0.39 is 17.7 Å². The summed E-state index contributed by atoms with van der Waals surface area (Å²) in [5.74, 6) is -0.711. The quantitative estimate of drug-likeness (QED) is 0.666. The number of rotatable bonds is 3. The van der Waals surface area contributed by atoms with Crippen LogP contribution in [0.5, 0.6) is 0 Å². The van der Waals surface area contributed by atoms with Gasteiger partial charge in [0, 0.05) is 6.20 Å². The molecule has 18 heavy (non-hydrogen) atoms. The molecule has 0 saturated heterocycles. The third kappa shape index (κ3) is 2.67. The molecule has 2 rings (SSSR count). The van der Waals surface area contributed by atoms with Crippen molar-refractivity contribution >= 4 is 12.0 Å². The lowest BCUT2D eigenvalue weighted by Gasteiger charge is -2.27. The first-order chi connectivity index (χ1) is 8.60. The standard InChI is InChI=1S/C12H13N3O3/c13-12(6-7-14-11(17)15-12)10(16)18-8-9-4-2-1-3-5-9/h1-7H,8,13H2,(H2,14,15,17). The first-order valence-electron chi connectivity index (χ1n) is 5.36. The average molecular weight is 247 g/mol. The fraction of sp³-hybridized carbons (Fsp3) is 0.167. The van der Waals surface area contributed by atoms with Gasteiger partial charge >= 0.3 is 12.0 Å². The SMILES string of the molecule is NC1(C(=O)OCc2ccccc2)C=CNC(=O)N1. The number of amides is 2. The van der Waals surface area contributed by atoms with Gasteiger partial charge in [0.1, 0.15) is 6.61 Å². The number of urea groups is 1. The maximum Gasteiger partial charge on any atom is 0.351 e. The highest BCUT2D eigenvalue weighted by Gasteiger charge is 2.36. The maximum atomic E-state index is 11.8. The molecule has 1 aliphatic rings. The summed E-state index contributed by atoms with van der Waals surface area (Å²) in [4.78, 5) is 22.9. The summed E-state index contributed by atoms with van der Waals surface area (Å²) in [5, 5.41) is 4.64. The molecule has 0 bridgehead atoms. The molecule has 0 spiro atoms. The minimum Gasteiger partial charge on any atom is -0.458 e. The summed E-state index contributed by atoms with van der Waals surface area (Å²) in [6.45, 7) is 0.107. The first kappa shape index (κ1) is 12.1. The zero-order valence-corrected chi connectivity index (χ0v) is 9.55. The van der Waals surface area contributed by atoms with Gasteiger partial charge in [-0.3, -0.25) is 5.73 Å². The Hall–Kier alpha value is -2.34. The minimum absolute atomic E-state index is 0.107. The van der Waals surface area contributed by atoms with Crippen LogP contribution in [0.25, 0.3) is 0 Å². The molecule has 0 radical (unpaired) electrons. The Morgan fingerprint density at radius 1 is 1.33 bits per heavy atom. The smallest absolute Gasteiger partial charge is 0.351 e. The highest BCUT2D eigenvalue weighted by atomic mass is 16.5. The molecule has 2 amide bonds. The molecule has 1 heterocycles. The second-order valence-electron chi connectivity index (χ2n) is 3.86. The summed E-state index contributed by atoms with van der Waals surface area (Å²) in [7, 11) is 0. The summed E-state index contributed by atoms with van der Waals surface area (Å²) in [6.07, 6.45) is 2.64. The van der Waals surface area contributed by atoms with Crippen molar-refractivity contribution in [2.24, 2.45) is 5.73 Å². The molecular formula is C12H13N3O3. The van der Waals surface area contributed by atoms with Gasteiger partial charge in [0.2, 0.25) is 5.66 Å². The van der Waals surface area contributed by atoms with Crippen LogP contribution in [0.4, 0.5) is 4.79 Å². The highest BCUT2D eigenvalue weighted by molar-refractivity contribution is 5.90. The molecule has 1 unspecified atom stereocenters. The molecule has 0 fully saturated rings. The van der Waals surface area contributed by atoms with Crippen molar-refractivity contribution in [3.8, 4) is 0 Å². The van der Waals surface area contributed by atoms with Crippen molar-refractivity contribution < 1.29 is 14.3 Å². The summed E-state index contributed by atoms with van der Waals surface area (Å²) < 4.78 is 5.06. The van der Waals surface area contributed by atoms with Crippen LogP contribution < -0.4 is 16.4 Å². The second-order valence-corrected chi connectivity index (χ2v) is 3.86. The zero-order valence-electron chi connectivity index (χ0n) is 9.55. The molecule has 0 aromatic heterocycles. The number of carbonyl (C=O) groups is 2. The molecule has 1 aromatic rings. The zero-order chi connectivity index (χ0) is 13.0. The summed E-state index contributed by atoms with van der Waals surface area (Å²) in [5.41, 5.74) is 4.96. The van der Waals surface area contributed by atoms with Crippen LogP contribution in [0.15, 0.2) is 42.6 Å². The van der Waals surface area contributed by atoms with Crippen molar-refractivity contribution in [3.63, 3.8) is 0 Å². The number of esters is 1. The average Bonchev–Trinajstić information content (AvgIpc) is 2.37. The Balaban J connectivity index is 1.98. The van der Waals surface area contributed by atoms with Crippen LogP contribution in [0.3, 0.4) is 0 Å². The molecule has 94 valence electrons. The van der Waals surface area contributed by atoms with Gasteiger partial charge < -0.3 is 15.4 Å². The van der Waals surface area contributed by atoms with Crippen LogP contribution >= 0.6 is 0 Å². The Bertz CT molecular complexity index is 487. The van der Waals surface area contributed by atoms with Gasteiger partial charge in [-0.15, -0.1) is 0 Å². The topological polar surface area (TPSA) is 93.5 Å². The number of nitrogens with one attached hydrogen (secondary N) is 2. The normalized spacial score (nSPS) is 21.9. The van der Waals surface area contributed by atoms with E-state index in [-0.39, 0.29) is 6.61 Å². The third-order valence-electron chi connectivity index (χ3n) is 2.43. The fourth-order valence-corrected chi connectivity index (χ4v) is 1.48. The van der Waals surface area contributed by atoms with Gasteiger partial charge in [0.05, 0.1) is 0 Å². The van der Waals surface area contributed by atoms with Gasteiger partial charge in [0.25, 0.3) is 0 Å². The number of hydrogen-bond acceptors (Lipinski definition) is 4. The predicted molar refractivity (Wildman–Crippen MR) is 64.0 cm³/mol. The summed E-state index contributed by atoms with van der Waals surface area (Å²) >= 11 is 0. The van der Waals surface area contributed by atoms with E-state index in [1.807, 2.05) is 30.3 Å². The molecule has 6 heteroatoms. The molecule has 6 nitrogen and oxygen atoms in total. The van der Waals surface area contributed by atoms with E-state index in [9.17, 15) is 9.59 Å². The van der Waals surface area contributed by atoms with E-state index in [2.05, 4.69) is 10.6 Å². The molecule has 1 atom stereocenters. The number of carbonyl (C=O) groups excluding carboxylic acids is 2. The second kappa shape index (κ2) is 4.89. The van der Waals surface area contributed by atoms with Gasteiger partial charge in [-0.1, -0.05) is 30.3 Å². The minimum atomic E-state index is -1.61. The molecule has 0 aliphatic carbocycles. The number of nitrogens with two attached hydrogens (primary N) is 1. The van der Waals surface area contributed by atoms with Crippen molar-refractivity contribution in [2.75, 3.05) is 0 Å². The Morgan fingerprint density at radius 3 is 2.72 bits per heavy atom. The van der Waals surface area contributed by atoms with Crippen LogP contribution in [-0.2, 0) is 16.1 Å². The lowest BCUT2D eigenvalue weighted by atomic mass is 10.1. The largest absolute Gasteiger partial charge is 0.458 e. The number of ether oxygens (including phenoxy) is 1. The molecule has 4 N–H and O–H groups in total. The van der Waals surface area contributed by atoms with Crippen LogP contribution in [0.2, 0.25) is 0 Å². The Morgan fingerprint density at radius 2 is 2.06 bits per heavy atom. The lowest BCUT2D eigenvalue weighted by molar-refractivity contribution is -0.150. The van der Waals surface area contributed by atoms with Crippen molar-refractivity contribution in [1.82, 2.24) is 10.6 Å². The van der Waals surface area contributed by atoms with E-state index in [0.29, 0.717) is 0 Å². The fourth-order valence-electron chi connectivity index (χ4n) is 1.48. The third-order valence-corrected chi connectivity index (χ3v) is 2.43. The van der Waals surface area contributed by atoms with Gasteiger partial charge in [0.15, 0.2) is 0 Å². The number of benzene rings is 1. The van der Waals surface area contributed by atoms with E-state index in [1.54, 1.807) is 0 Å². The maximum absolute atomic E-state index is 11.8. The van der Waals surface area contributed by atoms with E-state index >= 15 is 0 Å². The lowest BCUT2D eigenvalue weighted by Crippen LogP contribution is -2.64. The van der Waals surface area contributed by atoms with Crippen LogP contribution in [0, 0.1) is 0 Å². The van der Waals surface area contributed by atoms with Crippen molar-refractivity contribution in [1.29, 1.82) is 0 Å². The van der Waals surface area contributed by atoms with Crippen molar-refractivity contribution in [2.45, 2.75) is 12.3 Å². The van der Waals surface area contributed by atoms with Gasteiger partial charge in [-0.05, 0) is 11.6 Å². The van der Waals surface area contributed by atoms with E-state index in [4.69, 9.17) is 10.5 Å². The Labute approximate surface area is 104 Å². The highest BCUT2D eigenvalue weighted by Crippen LogP contribution is 2.08. The summed E-state index contributed by atoms with van der Waals surface area (Å²) in [6, 6.07) is 8.66. The number of hydrogen-bond donors (Lipinski definition) is 3. The molecular weight excluding hydrogens is 234 g/mol. The van der Waals surface area contributed by atoms with Crippen LogP contribution in [-0.4, -0.2) is 17.7 Å². The van der Waals surface area contributed by atoms with Crippen LogP contribution in [0.1, 0.15) is 5.56 Å². The monoisotopic (exact) mass is 247 g/mol.